The van der Waals surface area contributed by atoms with Crippen LogP contribution >= 0.6 is 0 Å². The summed E-state index contributed by atoms with van der Waals surface area (Å²) in [6, 6.07) is 6.31. The Balaban J connectivity index is 1.28. The second kappa shape index (κ2) is 10.9. The zero-order valence-corrected chi connectivity index (χ0v) is 20.4. The van der Waals surface area contributed by atoms with E-state index in [0.29, 0.717) is 32.0 Å². The summed E-state index contributed by atoms with van der Waals surface area (Å²) in [6.45, 7) is 5.42. The first-order valence-corrected chi connectivity index (χ1v) is 12.9. The number of piperidine rings is 1. The van der Waals surface area contributed by atoms with Crippen molar-refractivity contribution in [2.45, 2.75) is 83.6 Å². The predicted octanol–water partition coefficient (Wildman–Crippen LogP) is 4.59. The van der Waals surface area contributed by atoms with Gasteiger partial charge in [0, 0.05) is 31.0 Å². The zero-order valence-electron chi connectivity index (χ0n) is 20.4. The normalized spacial score (nSPS) is 22.4. The Morgan fingerprint density at radius 3 is 2.55 bits per heavy atom. The summed E-state index contributed by atoms with van der Waals surface area (Å²) in [5, 5.41) is 0. The summed E-state index contributed by atoms with van der Waals surface area (Å²) < 4.78 is 11.6. The average Bonchev–Trinajstić information content (AvgIpc) is 2.82. The fraction of sp³-hybridized carbons (Fsp3) is 0.704. The van der Waals surface area contributed by atoms with Crippen LogP contribution in [0.3, 0.4) is 0 Å². The summed E-state index contributed by atoms with van der Waals surface area (Å²) in [5.74, 6) is 1.94. The van der Waals surface area contributed by atoms with Crippen LogP contribution in [0.2, 0.25) is 0 Å². The lowest BCUT2D eigenvalue weighted by Crippen LogP contribution is -2.49. The van der Waals surface area contributed by atoms with Crippen LogP contribution in [0.5, 0.6) is 11.5 Å². The number of methoxy groups -OCH3 is 1. The molecule has 6 nitrogen and oxygen atoms in total. The first-order chi connectivity index (χ1) is 16.0. The molecule has 2 aliphatic heterocycles. The molecular weight excluding hydrogens is 416 g/mol. The van der Waals surface area contributed by atoms with E-state index in [1.54, 1.807) is 12.0 Å². The van der Waals surface area contributed by atoms with Gasteiger partial charge in [-0.25, -0.2) is 0 Å². The topological polar surface area (TPSA) is 59.1 Å². The summed E-state index contributed by atoms with van der Waals surface area (Å²) >= 11 is 0. The lowest BCUT2D eigenvalue weighted by Gasteiger charge is -2.42. The molecule has 2 amide bonds. The summed E-state index contributed by atoms with van der Waals surface area (Å²) in [6.07, 6.45) is 10.6. The molecule has 2 heterocycles. The maximum Gasteiger partial charge on any atom is 0.229 e. The molecule has 0 aromatic heterocycles. The van der Waals surface area contributed by atoms with Gasteiger partial charge in [-0.15, -0.1) is 0 Å². The van der Waals surface area contributed by atoms with Gasteiger partial charge in [-0.1, -0.05) is 32.3 Å². The molecule has 0 radical (unpaired) electrons. The second-order valence-corrected chi connectivity index (χ2v) is 10.2. The minimum atomic E-state index is -0.0286. The van der Waals surface area contributed by atoms with E-state index in [0.717, 1.165) is 81.5 Å². The van der Waals surface area contributed by atoms with Crippen molar-refractivity contribution in [1.82, 2.24) is 9.80 Å². The van der Waals surface area contributed by atoms with Gasteiger partial charge in [-0.2, -0.15) is 0 Å². The van der Waals surface area contributed by atoms with E-state index in [9.17, 15) is 9.59 Å². The molecule has 6 heteroatoms. The first-order valence-electron chi connectivity index (χ1n) is 12.9. The van der Waals surface area contributed by atoms with Crippen LogP contribution in [0.25, 0.3) is 0 Å². The number of carbonyl (C=O) groups is 2. The minimum Gasteiger partial charge on any atom is -0.496 e. The van der Waals surface area contributed by atoms with Crippen LogP contribution < -0.4 is 9.47 Å². The maximum absolute atomic E-state index is 12.8. The Labute approximate surface area is 198 Å². The van der Waals surface area contributed by atoms with Crippen molar-refractivity contribution in [2.24, 2.45) is 5.41 Å². The third-order valence-corrected chi connectivity index (χ3v) is 7.85. The van der Waals surface area contributed by atoms with Crippen LogP contribution in [-0.2, 0) is 16.0 Å². The highest BCUT2D eigenvalue weighted by atomic mass is 16.5. The molecule has 3 aliphatic rings. The SMILES string of the molecule is CCCN(CCCCN1C(=O)CC2(CCCCC2)CC1=O)C1COc2cccc(OC)c2C1. The highest BCUT2D eigenvalue weighted by Crippen LogP contribution is 2.45. The third-order valence-electron chi connectivity index (χ3n) is 7.85. The molecule has 1 aliphatic carbocycles. The van der Waals surface area contributed by atoms with E-state index in [2.05, 4.69) is 11.8 Å². The fourth-order valence-corrected chi connectivity index (χ4v) is 6.08. The number of amides is 2. The molecule has 1 atom stereocenters. The van der Waals surface area contributed by atoms with Crippen LogP contribution in [0.4, 0.5) is 0 Å². The summed E-state index contributed by atoms with van der Waals surface area (Å²) in [5.41, 5.74) is 1.12. The molecule has 4 rings (SSSR count). The smallest absolute Gasteiger partial charge is 0.229 e. The van der Waals surface area contributed by atoms with Crippen molar-refractivity contribution < 1.29 is 19.1 Å². The number of imide groups is 1. The lowest BCUT2D eigenvalue weighted by molar-refractivity contribution is -0.154. The monoisotopic (exact) mass is 456 g/mol. The number of ether oxygens (including phenoxy) is 2. The predicted molar refractivity (Wildman–Crippen MR) is 129 cm³/mol. The van der Waals surface area contributed by atoms with Gasteiger partial charge < -0.3 is 9.47 Å². The molecule has 1 unspecified atom stereocenters. The second-order valence-electron chi connectivity index (χ2n) is 10.2. The van der Waals surface area contributed by atoms with Crippen molar-refractivity contribution >= 4 is 11.8 Å². The lowest BCUT2D eigenvalue weighted by atomic mass is 9.67. The molecule has 1 aromatic rings. The number of hydrogen-bond acceptors (Lipinski definition) is 5. The van der Waals surface area contributed by atoms with Gasteiger partial charge in [0.15, 0.2) is 0 Å². The van der Waals surface area contributed by atoms with Crippen LogP contribution in [-0.4, -0.2) is 61.0 Å². The van der Waals surface area contributed by atoms with Gasteiger partial charge in [0.25, 0.3) is 0 Å². The van der Waals surface area contributed by atoms with E-state index in [-0.39, 0.29) is 17.2 Å². The largest absolute Gasteiger partial charge is 0.496 e. The highest BCUT2D eigenvalue weighted by molar-refractivity contribution is 5.98. The van der Waals surface area contributed by atoms with E-state index in [4.69, 9.17) is 9.47 Å². The van der Waals surface area contributed by atoms with Gasteiger partial charge in [0.05, 0.1) is 7.11 Å². The fourth-order valence-electron chi connectivity index (χ4n) is 6.08. The highest BCUT2D eigenvalue weighted by Gasteiger charge is 2.43. The third kappa shape index (κ3) is 5.53. The Bertz CT molecular complexity index is 799. The van der Waals surface area contributed by atoms with Crippen LogP contribution in [0, 0.1) is 5.41 Å². The van der Waals surface area contributed by atoms with Crippen molar-refractivity contribution in [1.29, 1.82) is 0 Å². The number of carbonyl (C=O) groups excluding carboxylic acids is 2. The number of likely N-dealkylation sites (tertiary alicyclic amines) is 1. The molecule has 1 aromatic carbocycles. The Hall–Kier alpha value is -2.08. The van der Waals surface area contributed by atoms with Crippen molar-refractivity contribution in [3.05, 3.63) is 23.8 Å². The van der Waals surface area contributed by atoms with Gasteiger partial charge in [0.1, 0.15) is 18.1 Å². The minimum absolute atomic E-state index is 0.0286. The number of unbranched alkanes of at least 4 members (excludes halogenated alkanes) is 1. The Kier molecular flexibility index (Phi) is 7.94. The van der Waals surface area contributed by atoms with E-state index < -0.39 is 0 Å². The maximum atomic E-state index is 12.8. The molecule has 0 bridgehead atoms. The standard InChI is InChI=1S/C27H40N2O4/c1-3-14-28(21-17-22-23(32-2)10-9-11-24(22)33-20-21)15-7-8-16-29-25(30)18-27(19-26(29)31)12-5-4-6-13-27/h9-11,21H,3-8,12-20H2,1-2H3. The summed E-state index contributed by atoms with van der Waals surface area (Å²) in [7, 11) is 1.71. The van der Waals surface area contributed by atoms with Gasteiger partial charge in [0.2, 0.25) is 11.8 Å². The molecule has 182 valence electrons. The molecule has 1 saturated carbocycles. The van der Waals surface area contributed by atoms with Gasteiger partial charge >= 0.3 is 0 Å². The number of fused-ring (bicyclic) bond motifs is 1. The molecule has 33 heavy (non-hydrogen) atoms. The number of nitrogens with zero attached hydrogens (tertiary/aromatic N) is 2. The number of hydrogen-bond donors (Lipinski definition) is 0. The molecule has 1 saturated heterocycles. The van der Waals surface area contributed by atoms with Gasteiger partial charge in [-0.3, -0.25) is 19.4 Å². The number of rotatable bonds is 9. The molecular formula is C27H40N2O4. The Morgan fingerprint density at radius 1 is 1.09 bits per heavy atom. The van der Waals surface area contributed by atoms with E-state index in [1.807, 2.05) is 18.2 Å². The molecule has 0 N–H and O–H groups in total. The quantitative estimate of drug-likeness (QED) is 0.402. The van der Waals surface area contributed by atoms with Crippen molar-refractivity contribution in [3.63, 3.8) is 0 Å². The van der Waals surface area contributed by atoms with Crippen LogP contribution in [0.15, 0.2) is 18.2 Å². The van der Waals surface area contributed by atoms with Crippen molar-refractivity contribution in [2.75, 3.05) is 33.4 Å². The van der Waals surface area contributed by atoms with Crippen molar-refractivity contribution in [3.8, 4) is 11.5 Å². The first kappa shape index (κ1) is 24.1. The van der Waals surface area contributed by atoms with E-state index >= 15 is 0 Å². The number of benzene rings is 1. The average molecular weight is 457 g/mol. The zero-order chi connectivity index (χ0) is 23.3. The molecule has 1 spiro atoms. The Morgan fingerprint density at radius 2 is 1.85 bits per heavy atom. The van der Waals surface area contributed by atoms with Crippen LogP contribution in [0.1, 0.15) is 76.7 Å². The summed E-state index contributed by atoms with van der Waals surface area (Å²) in [4.78, 5) is 29.7. The van der Waals surface area contributed by atoms with Gasteiger partial charge in [-0.05, 0) is 69.2 Å². The van der Waals surface area contributed by atoms with E-state index in [1.165, 1.54) is 6.42 Å². The molecule has 2 fully saturated rings.